The van der Waals surface area contributed by atoms with Gasteiger partial charge in [-0.1, -0.05) is 60.2 Å². The van der Waals surface area contributed by atoms with Gasteiger partial charge in [-0.05, 0) is 30.5 Å². The molecule has 0 saturated carbocycles. The Labute approximate surface area is 117 Å². The van der Waals surface area contributed by atoms with Crippen LogP contribution in [0.15, 0.2) is 52.6 Å². The van der Waals surface area contributed by atoms with Gasteiger partial charge in [-0.3, -0.25) is 4.79 Å². The topological polar surface area (TPSA) is 32.9 Å². The number of aromatic amines is 1. The van der Waals surface area contributed by atoms with Gasteiger partial charge in [-0.25, -0.2) is 0 Å². The van der Waals surface area contributed by atoms with Gasteiger partial charge in [0, 0.05) is 5.38 Å². The van der Waals surface area contributed by atoms with Crippen LogP contribution in [-0.4, -0.2) is 4.98 Å². The van der Waals surface area contributed by atoms with E-state index in [-0.39, 0.29) is 4.87 Å². The van der Waals surface area contributed by atoms with Crippen LogP contribution >= 0.6 is 11.3 Å². The first-order chi connectivity index (χ1) is 9.19. The summed E-state index contributed by atoms with van der Waals surface area (Å²) in [5.74, 6) is 0. The molecule has 2 rings (SSSR count). The summed E-state index contributed by atoms with van der Waals surface area (Å²) < 4.78 is 0. The summed E-state index contributed by atoms with van der Waals surface area (Å²) in [6, 6.07) is 14.5. The van der Waals surface area contributed by atoms with E-state index in [0.717, 1.165) is 17.7 Å². The average Bonchev–Trinajstić information content (AvgIpc) is 2.83. The molecular formula is C16H17NOS. The number of aromatic nitrogens is 1. The van der Waals surface area contributed by atoms with E-state index in [1.807, 2.05) is 23.6 Å². The van der Waals surface area contributed by atoms with Gasteiger partial charge in [0.2, 0.25) is 0 Å². The Bertz CT molecular complexity index is 668. The Morgan fingerprint density at radius 3 is 2.63 bits per heavy atom. The highest BCUT2D eigenvalue weighted by Crippen LogP contribution is 2.17. The van der Waals surface area contributed by atoms with Gasteiger partial charge < -0.3 is 4.98 Å². The van der Waals surface area contributed by atoms with Crippen molar-refractivity contribution in [2.45, 2.75) is 20.3 Å². The van der Waals surface area contributed by atoms with Crippen molar-refractivity contribution >= 4 is 11.3 Å². The molecular weight excluding hydrogens is 254 g/mol. The molecule has 0 spiro atoms. The van der Waals surface area contributed by atoms with Crippen LogP contribution < -0.4 is 4.87 Å². The van der Waals surface area contributed by atoms with Crippen molar-refractivity contribution in [1.29, 1.82) is 0 Å². The van der Waals surface area contributed by atoms with Gasteiger partial charge in [0.1, 0.15) is 0 Å². The lowest BCUT2D eigenvalue weighted by atomic mass is 10.1. The molecule has 98 valence electrons. The maximum atomic E-state index is 11.3. The predicted molar refractivity (Wildman–Crippen MR) is 82.1 cm³/mol. The molecule has 0 radical (unpaired) electrons. The monoisotopic (exact) mass is 271 g/mol. The highest BCUT2D eigenvalue weighted by atomic mass is 32.1. The molecule has 1 aromatic carbocycles. The molecule has 1 aromatic heterocycles. The number of rotatable bonds is 2. The molecule has 3 heteroatoms. The quantitative estimate of drug-likeness (QED) is 0.876. The van der Waals surface area contributed by atoms with Gasteiger partial charge in [0.25, 0.3) is 0 Å². The van der Waals surface area contributed by atoms with E-state index in [9.17, 15) is 4.79 Å². The fourth-order valence-corrected chi connectivity index (χ4v) is 2.36. The standard InChI is InChI=1S/C16H17NOS/c1-3-13-7-5-4-6-12(2)8-9-14(10-13)15-11-19-16(18)17-15/h4-11H,3H2,1-2H3,(H,17,18). The minimum Gasteiger partial charge on any atom is -0.312 e. The van der Waals surface area contributed by atoms with E-state index in [1.54, 1.807) is 0 Å². The van der Waals surface area contributed by atoms with Crippen LogP contribution in [0.1, 0.15) is 18.1 Å². The number of thiazole rings is 1. The smallest absolute Gasteiger partial charge is 0.304 e. The van der Waals surface area contributed by atoms with Crippen LogP contribution in [0.2, 0.25) is 0 Å². The molecule has 0 bridgehead atoms. The first kappa shape index (κ1) is 13.6. The molecule has 0 unspecified atom stereocenters. The number of hydrogen-bond donors (Lipinski definition) is 1. The second-order valence-electron chi connectivity index (χ2n) is 4.39. The maximum Gasteiger partial charge on any atom is 0.304 e. The van der Waals surface area contributed by atoms with E-state index in [4.69, 9.17) is 0 Å². The van der Waals surface area contributed by atoms with E-state index >= 15 is 0 Å². The van der Waals surface area contributed by atoms with Crippen molar-refractivity contribution in [2.75, 3.05) is 0 Å². The second kappa shape index (κ2) is 6.34. The van der Waals surface area contributed by atoms with Crippen LogP contribution in [0.4, 0.5) is 0 Å². The molecule has 0 aliphatic rings. The zero-order chi connectivity index (χ0) is 13.7. The zero-order valence-electron chi connectivity index (χ0n) is 11.1. The van der Waals surface area contributed by atoms with E-state index in [2.05, 4.69) is 43.1 Å². The first-order valence-electron chi connectivity index (χ1n) is 6.31. The molecule has 2 aromatic rings. The lowest BCUT2D eigenvalue weighted by Gasteiger charge is -1.98. The molecule has 1 N–H and O–H groups in total. The third-order valence-corrected chi connectivity index (χ3v) is 3.56. The molecule has 0 aliphatic heterocycles. The van der Waals surface area contributed by atoms with Crippen LogP contribution in [0, 0.1) is 6.92 Å². The number of H-pyrrole nitrogens is 1. The van der Waals surface area contributed by atoms with Crippen molar-refractivity contribution in [3.05, 3.63) is 68.6 Å². The summed E-state index contributed by atoms with van der Waals surface area (Å²) in [7, 11) is 0. The summed E-state index contributed by atoms with van der Waals surface area (Å²) in [5, 5.41) is 1.87. The lowest BCUT2D eigenvalue weighted by Crippen LogP contribution is -1.92. The van der Waals surface area contributed by atoms with Crippen molar-refractivity contribution in [2.24, 2.45) is 0 Å². The average molecular weight is 271 g/mol. The van der Waals surface area contributed by atoms with Crippen LogP contribution in [-0.2, 0) is 6.42 Å². The van der Waals surface area contributed by atoms with E-state index in [0.29, 0.717) is 0 Å². The zero-order valence-corrected chi connectivity index (χ0v) is 12.0. The molecule has 0 amide bonds. The SMILES string of the molecule is CCc1ccccc(C)ccc(-c2csc(=O)[nH]2)c1. The third kappa shape index (κ3) is 3.80. The van der Waals surface area contributed by atoms with E-state index in [1.165, 1.54) is 22.5 Å². The molecule has 1 heterocycles. The summed E-state index contributed by atoms with van der Waals surface area (Å²) in [5.41, 5.74) is 4.32. The van der Waals surface area contributed by atoms with Crippen LogP contribution in [0.3, 0.4) is 0 Å². The third-order valence-electron chi connectivity index (χ3n) is 2.89. The molecule has 0 saturated heterocycles. The Kier molecular flexibility index (Phi) is 4.53. The van der Waals surface area contributed by atoms with Gasteiger partial charge in [0.05, 0.1) is 5.69 Å². The van der Waals surface area contributed by atoms with Gasteiger partial charge >= 0.3 is 4.87 Å². The van der Waals surface area contributed by atoms with Crippen molar-refractivity contribution in [3.63, 3.8) is 0 Å². The Morgan fingerprint density at radius 2 is 1.95 bits per heavy atom. The highest BCUT2D eigenvalue weighted by Gasteiger charge is 1.99. The minimum atomic E-state index is -0.0180. The lowest BCUT2D eigenvalue weighted by molar-refractivity contribution is 1.14. The Morgan fingerprint density at radius 1 is 1.16 bits per heavy atom. The largest absolute Gasteiger partial charge is 0.312 e. The second-order valence-corrected chi connectivity index (χ2v) is 5.23. The van der Waals surface area contributed by atoms with Crippen LogP contribution in [0.25, 0.3) is 11.3 Å². The Hall–Kier alpha value is -1.87. The van der Waals surface area contributed by atoms with Gasteiger partial charge in [0.15, 0.2) is 0 Å². The predicted octanol–water partition coefficient (Wildman–Crippen LogP) is 4.10. The molecule has 0 atom stereocenters. The number of nitrogens with one attached hydrogen (secondary N) is 1. The minimum absolute atomic E-state index is 0.0180. The molecule has 19 heavy (non-hydrogen) atoms. The van der Waals surface area contributed by atoms with Crippen molar-refractivity contribution < 1.29 is 0 Å². The van der Waals surface area contributed by atoms with Crippen molar-refractivity contribution in [3.8, 4) is 11.3 Å². The highest BCUT2D eigenvalue weighted by molar-refractivity contribution is 7.07. The Balaban J connectivity index is 2.66. The summed E-state index contributed by atoms with van der Waals surface area (Å²) >= 11 is 1.20. The first-order valence-corrected chi connectivity index (χ1v) is 7.19. The summed E-state index contributed by atoms with van der Waals surface area (Å²) in [6.07, 6.45) is 0.957. The normalized spacial score (nSPS) is 10.0. The van der Waals surface area contributed by atoms with Crippen LogP contribution in [0.5, 0.6) is 0 Å². The molecule has 0 fully saturated rings. The molecule has 0 aliphatic carbocycles. The summed E-state index contributed by atoms with van der Waals surface area (Å²) in [4.78, 5) is 14.1. The maximum absolute atomic E-state index is 11.3. The van der Waals surface area contributed by atoms with E-state index < -0.39 is 0 Å². The fourth-order valence-electron chi connectivity index (χ4n) is 1.77. The number of hydrogen-bond acceptors (Lipinski definition) is 2. The summed E-state index contributed by atoms with van der Waals surface area (Å²) in [6.45, 7) is 4.18. The molecule has 2 nitrogen and oxygen atoms in total. The number of aryl methyl sites for hydroxylation is 2. The van der Waals surface area contributed by atoms with Crippen molar-refractivity contribution in [1.82, 2.24) is 4.98 Å². The van der Waals surface area contributed by atoms with Gasteiger partial charge in [-0.2, -0.15) is 0 Å². The van der Waals surface area contributed by atoms with Gasteiger partial charge in [-0.15, -0.1) is 0 Å². The fraction of sp³-hybridized carbons (Fsp3) is 0.188.